The lowest BCUT2D eigenvalue weighted by Gasteiger charge is -2.39. The molecule has 1 saturated carbocycles. The summed E-state index contributed by atoms with van der Waals surface area (Å²) in [5.41, 5.74) is -0.0105. The molecular formula is C22H29FN2O3. The number of ether oxygens (including phenoxy) is 1. The minimum atomic E-state index is -0.484. The highest BCUT2D eigenvalue weighted by molar-refractivity contribution is 5.86. The summed E-state index contributed by atoms with van der Waals surface area (Å²) in [4.78, 5) is 29.8. The van der Waals surface area contributed by atoms with Crippen molar-refractivity contribution in [1.29, 1.82) is 0 Å². The molecule has 1 atom stereocenters. The number of amides is 2. The summed E-state index contributed by atoms with van der Waals surface area (Å²) in [6.45, 7) is 2.08. The van der Waals surface area contributed by atoms with E-state index in [2.05, 4.69) is 0 Å². The van der Waals surface area contributed by atoms with Crippen LogP contribution in [0.2, 0.25) is 0 Å². The summed E-state index contributed by atoms with van der Waals surface area (Å²) < 4.78 is 19.4. The number of hydrogen-bond donors (Lipinski definition) is 0. The third-order valence-corrected chi connectivity index (χ3v) is 6.81. The van der Waals surface area contributed by atoms with E-state index in [1.165, 1.54) is 6.07 Å². The van der Waals surface area contributed by atoms with Gasteiger partial charge in [-0.25, -0.2) is 4.39 Å². The van der Waals surface area contributed by atoms with Gasteiger partial charge in [-0.15, -0.1) is 0 Å². The van der Waals surface area contributed by atoms with Gasteiger partial charge in [0.1, 0.15) is 11.6 Å². The lowest BCUT2D eigenvalue weighted by molar-refractivity contribution is -0.147. The normalized spacial score (nSPS) is 25.7. The SMILES string of the molecule is COc1ccc(F)c(CN2CCC[C@@]3(CCN(C(=O)C4CCCC4)C3)C2=O)c1. The van der Waals surface area contributed by atoms with E-state index in [9.17, 15) is 14.0 Å². The predicted octanol–water partition coefficient (Wildman–Crippen LogP) is 3.37. The van der Waals surface area contributed by atoms with Gasteiger partial charge in [0.05, 0.1) is 12.5 Å². The smallest absolute Gasteiger partial charge is 0.230 e. The molecule has 3 aliphatic rings. The fraction of sp³-hybridized carbons (Fsp3) is 0.636. The van der Waals surface area contributed by atoms with Crippen molar-refractivity contribution in [3.05, 3.63) is 29.6 Å². The second-order valence-electron chi connectivity index (χ2n) is 8.56. The number of hydrogen-bond acceptors (Lipinski definition) is 3. The molecular weight excluding hydrogens is 359 g/mol. The van der Waals surface area contributed by atoms with Gasteiger partial charge in [-0.2, -0.15) is 0 Å². The molecule has 2 aliphatic heterocycles. The number of halogens is 1. The van der Waals surface area contributed by atoms with Gasteiger partial charge in [0.2, 0.25) is 11.8 Å². The molecule has 4 rings (SSSR count). The highest BCUT2D eigenvalue weighted by atomic mass is 19.1. The van der Waals surface area contributed by atoms with Crippen LogP contribution in [0.15, 0.2) is 18.2 Å². The topological polar surface area (TPSA) is 49.9 Å². The van der Waals surface area contributed by atoms with E-state index in [0.717, 1.165) is 44.9 Å². The summed E-state index contributed by atoms with van der Waals surface area (Å²) in [5.74, 6) is 0.721. The molecule has 2 amide bonds. The molecule has 5 nitrogen and oxygen atoms in total. The molecule has 1 aromatic rings. The molecule has 1 spiro atoms. The van der Waals surface area contributed by atoms with Gasteiger partial charge in [0, 0.05) is 37.7 Å². The number of rotatable bonds is 4. The van der Waals surface area contributed by atoms with Crippen molar-refractivity contribution in [1.82, 2.24) is 9.80 Å². The minimum absolute atomic E-state index is 0.0719. The number of likely N-dealkylation sites (tertiary alicyclic amines) is 2. The first-order chi connectivity index (χ1) is 13.5. The lowest BCUT2D eigenvalue weighted by Crippen LogP contribution is -2.50. The van der Waals surface area contributed by atoms with Crippen LogP contribution in [0.5, 0.6) is 5.75 Å². The van der Waals surface area contributed by atoms with Gasteiger partial charge in [0.25, 0.3) is 0 Å². The van der Waals surface area contributed by atoms with Crippen LogP contribution in [0.25, 0.3) is 0 Å². The molecule has 6 heteroatoms. The van der Waals surface area contributed by atoms with Gasteiger partial charge in [-0.3, -0.25) is 9.59 Å². The van der Waals surface area contributed by atoms with Crippen molar-refractivity contribution in [3.8, 4) is 5.75 Å². The van der Waals surface area contributed by atoms with E-state index in [-0.39, 0.29) is 30.1 Å². The van der Waals surface area contributed by atoms with E-state index in [0.29, 0.717) is 30.9 Å². The molecule has 152 valence electrons. The average molecular weight is 388 g/mol. The molecule has 0 bridgehead atoms. The largest absolute Gasteiger partial charge is 0.497 e. The van der Waals surface area contributed by atoms with Crippen molar-refractivity contribution in [2.24, 2.45) is 11.3 Å². The molecule has 3 fully saturated rings. The first kappa shape index (κ1) is 19.2. The molecule has 0 radical (unpaired) electrons. The summed E-state index contributed by atoms with van der Waals surface area (Å²) in [6.07, 6.45) is 6.67. The molecule has 1 aliphatic carbocycles. The quantitative estimate of drug-likeness (QED) is 0.795. The summed E-state index contributed by atoms with van der Waals surface area (Å²) in [7, 11) is 1.55. The van der Waals surface area contributed by atoms with Crippen LogP contribution in [0.4, 0.5) is 4.39 Å². The minimum Gasteiger partial charge on any atom is -0.497 e. The molecule has 2 saturated heterocycles. The second kappa shape index (κ2) is 7.72. The molecule has 1 aromatic carbocycles. The summed E-state index contributed by atoms with van der Waals surface area (Å²) >= 11 is 0. The zero-order chi connectivity index (χ0) is 19.7. The predicted molar refractivity (Wildman–Crippen MR) is 103 cm³/mol. The van der Waals surface area contributed by atoms with Crippen LogP contribution in [0.1, 0.15) is 50.5 Å². The van der Waals surface area contributed by atoms with Crippen LogP contribution in [0.3, 0.4) is 0 Å². The Bertz CT molecular complexity index is 762. The average Bonchev–Trinajstić information content (AvgIpc) is 3.38. The van der Waals surface area contributed by atoms with Crippen LogP contribution >= 0.6 is 0 Å². The Morgan fingerprint density at radius 3 is 2.75 bits per heavy atom. The van der Waals surface area contributed by atoms with Crippen molar-refractivity contribution >= 4 is 11.8 Å². The highest BCUT2D eigenvalue weighted by Gasteiger charge is 2.50. The van der Waals surface area contributed by atoms with E-state index in [4.69, 9.17) is 4.74 Å². The zero-order valence-corrected chi connectivity index (χ0v) is 16.6. The van der Waals surface area contributed by atoms with E-state index >= 15 is 0 Å². The maximum Gasteiger partial charge on any atom is 0.230 e. The second-order valence-corrected chi connectivity index (χ2v) is 8.56. The van der Waals surface area contributed by atoms with Crippen molar-refractivity contribution in [2.75, 3.05) is 26.7 Å². The molecule has 0 N–H and O–H groups in total. The fourth-order valence-electron chi connectivity index (χ4n) is 5.18. The monoisotopic (exact) mass is 388 g/mol. The van der Waals surface area contributed by atoms with E-state index < -0.39 is 5.41 Å². The number of nitrogens with zero attached hydrogens (tertiary/aromatic N) is 2. The van der Waals surface area contributed by atoms with Crippen LogP contribution in [0, 0.1) is 17.2 Å². The Labute approximate surface area is 165 Å². The van der Waals surface area contributed by atoms with Gasteiger partial charge in [-0.1, -0.05) is 12.8 Å². The Hall–Kier alpha value is -2.11. The van der Waals surface area contributed by atoms with Gasteiger partial charge < -0.3 is 14.5 Å². The number of benzene rings is 1. The number of piperidine rings is 1. The van der Waals surface area contributed by atoms with Gasteiger partial charge >= 0.3 is 0 Å². The van der Waals surface area contributed by atoms with Crippen LogP contribution in [-0.4, -0.2) is 48.4 Å². The third-order valence-electron chi connectivity index (χ3n) is 6.81. The first-order valence-electron chi connectivity index (χ1n) is 10.4. The van der Waals surface area contributed by atoms with Gasteiger partial charge in [-0.05, 0) is 50.3 Å². The standard InChI is InChI=1S/C22H29FN2O3/c1-28-18-7-8-19(23)17(13-18)14-24-11-4-9-22(21(24)27)10-12-25(15-22)20(26)16-5-2-3-6-16/h7-8,13,16H,2-6,9-12,14-15H2,1H3/t22-/m0/s1. The Morgan fingerprint density at radius 1 is 1.21 bits per heavy atom. The summed E-state index contributed by atoms with van der Waals surface area (Å²) in [5, 5.41) is 0. The van der Waals surface area contributed by atoms with Crippen LogP contribution in [-0.2, 0) is 16.1 Å². The van der Waals surface area contributed by atoms with E-state index in [1.54, 1.807) is 24.1 Å². The van der Waals surface area contributed by atoms with Crippen molar-refractivity contribution < 1.29 is 18.7 Å². The van der Waals surface area contributed by atoms with E-state index in [1.807, 2.05) is 4.90 Å². The molecule has 2 heterocycles. The number of methoxy groups -OCH3 is 1. The Balaban J connectivity index is 1.47. The number of carbonyl (C=O) groups excluding carboxylic acids is 2. The maximum absolute atomic E-state index is 14.3. The maximum atomic E-state index is 14.3. The molecule has 28 heavy (non-hydrogen) atoms. The van der Waals surface area contributed by atoms with Gasteiger partial charge in [0.15, 0.2) is 0 Å². The first-order valence-corrected chi connectivity index (χ1v) is 10.4. The fourth-order valence-corrected chi connectivity index (χ4v) is 5.18. The highest BCUT2D eigenvalue weighted by Crippen LogP contribution is 2.42. The number of carbonyl (C=O) groups is 2. The molecule has 0 unspecified atom stereocenters. The zero-order valence-electron chi connectivity index (χ0n) is 16.6. The van der Waals surface area contributed by atoms with Crippen LogP contribution < -0.4 is 4.74 Å². The third kappa shape index (κ3) is 3.49. The Kier molecular flexibility index (Phi) is 5.30. The van der Waals surface area contributed by atoms with Crippen molar-refractivity contribution in [3.63, 3.8) is 0 Å². The lowest BCUT2D eigenvalue weighted by atomic mass is 9.78. The Morgan fingerprint density at radius 2 is 2.00 bits per heavy atom. The molecule has 0 aromatic heterocycles. The van der Waals surface area contributed by atoms with Crippen molar-refractivity contribution in [2.45, 2.75) is 51.5 Å². The summed E-state index contributed by atoms with van der Waals surface area (Å²) in [6, 6.07) is 4.63.